The first-order valence-corrected chi connectivity index (χ1v) is 8.87. The number of nitrogens with one attached hydrogen (secondary N) is 1. The minimum atomic E-state index is 0.263. The summed E-state index contributed by atoms with van der Waals surface area (Å²) in [5.41, 5.74) is 0. The number of carbonyl (C=O) groups excluding carboxylic acids is 1. The van der Waals surface area contributed by atoms with Gasteiger partial charge in [-0.05, 0) is 38.0 Å². The predicted octanol–water partition coefficient (Wildman–Crippen LogP) is 2.31. The van der Waals surface area contributed by atoms with Gasteiger partial charge in [-0.3, -0.25) is 4.79 Å². The van der Waals surface area contributed by atoms with Crippen LogP contribution in [0.2, 0.25) is 0 Å². The largest absolute Gasteiger partial charge is 0.396 e. The summed E-state index contributed by atoms with van der Waals surface area (Å²) in [5.74, 6) is 0.821. The van der Waals surface area contributed by atoms with Gasteiger partial charge >= 0.3 is 0 Å². The van der Waals surface area contributed by atoms with Gasteiger partial charge < -0.3 is 15.3 Å². The molecule has 0 bridgehead atoms. The SMILES string of the molecule is CCC(=O)N1CC(CCCO)CC(NC2CCCCC2)C1. The van der Waals surface area contributed by atoms with Crippen molar-refractivity contribution in [1.29, 1.82) is 0 Å². The first-order valence-electron chi connectivity index (χ1n) is 8.87. The fourth-order valence-corrected chi connectivity index (χ4v) is 3.94. The number of rotatable bonds is 6. The molecular weight excluding hydrogens is 264 g/mol. The van der Waals surface area contributed by atoms with Gasteiger partial charge in [0.25, 0.3) is 0 Å². The molecule has 4 heteroatoms. The molecule has 0 aromatic heterocycles. The van der Waals surface area contributed by atoms with Gasteiger partial charge in [-0.2, -0.15) is 0 Å². The maximum absolute atomic E-state index is 12.1. The Balaban J connectivity index is 1.89. The van der Waals surface area contributed by atoms with Gasteiger partial charge in [0.15, 0.2) is 0 Å². The summed E-state index contributed by atoms with van der Waals surface area (Å²) in [6.07, 6.45) is 10.3. The Labute approximate surface area is 129 Å². The maximum Gasteiger partial charge on any atom is 0.222 e. The van der Waals surface area contributed by atoms with E-state index in [0.717, 1.165) is 32.4 Å². The number of hydrogen-bond acceptors (Lipinski definition) is 3. The van der Waals surface area contributed by atoms with Crippen LogP contribution in [0, 0.1) is 5.92 Å². The van der Waals surface area contributed by atoms with Crippen molar-refractivity contribution in [3.05, 3.63) is 0 Å². The van der Waals surface area contributed by atoms with Crippen molar-refractivity contribution in [1.82, 2.24) is 10.2 Å². The molecule has 0 aromatic rings. The Kier molecular flexibility index (Phi) is 6.97. The molecular formula is C17H32N2O2. The topological polar surface area (TPSA) is 52.6 Å². The van der Waals surface area contributed by atoms with Gasteiger partial charge in [-0.15, -0.1) is 0 Å². The zero-order valence-corrected chi connectivity index (χ0v) is 13.5. The van der Waals surface area contributed by atoms with Crippen molar-refractivity contribution in [2.75, 3.05) is 19.7 Å². The fraction of sp³-hybridized carbons (Fsp3) is 0.941. The zero-order chi connectivity index (χ0) is 15.1. The molecule has 2 aliphatic rings. The minimum Gasteiger partial charge on any atom is -0.396 e. The molecule has 1 aliphatic heterocycles. The fourth-order valence-electron chi connectivity index (χ4n) is 3.94. The third-order valence-electron chi connectivity index (χ3n) is 5.04. The second-order valence-corrected chi connectivity index (χ2v) is 6.82. The Morgan fingerprint density at radius 3 is 2.62 bits per heavy atom. The first-order chi connectivity index (χ1) is 10.2. The summed E-state index contributed by atoms with van der Waals surface area (Å²) in [7, 11) is 0. The van der Waals surface area contributed by atoms with Crippen molar-refractivity contribution in [2.45, 2.75) is 76.8 Å². The molecule has 2 rings (SSSR count). The first kappa shape index (κ1) is 16.8. The molecule has 0 spiro atoms. The van der Waals surface area contributed by atoms with Crippen molar-refractivity contribution in [3.8, 4) is 0 Å². The second kappa shape index (κ2) is 8.74. The Hall–Kier alpha value is -0.610. The number of piperidine rings is 1. The average molecular weight is 296 g/mol. The third kappa shape index (κ3) is 5.26. The molecule has 0 aromatic carbocycles. The summed E-state index contributed by atoms with van der Waals surface area (Å²) in [6, 6.07) is 1.10. The summed E-state index contributed by atoms with van der Waals surface area (Å²) in [4.78, 5) is 14.1. The van der Waals surface area contributed by atoms with E-state index in [1.54, 1.807) is 0 Å². The highest BCUT2D eigenvalue weighted by Gasteiger charge is 2.30. The maximum atomic E-state index is 12.1. The van der Waals surface area contributed by atoms with E-state index in [4.69, 9.17) is 5.11 Å². The van der Waals surface area contributed by atoms with Gasteiger partial charge in [0.05, 0.1) is 0 Å². The van der Waals surface area contributed by atoms with Crippen LogP contribution in [0.3, 0.4) is 0 Å². The van der Waals surface area contributed by atoms with E-state index >= 15 is 0 Å². The molecule has 122 valence electrons. The number of carbonyl (C=O) groups is 1. The van der Waals surface area contributed by atoms with E-state index in [0.29, 0.717) is 24.4 Å². The van der Waals surface area contributed by atoms with Crippen molar-refractivity contribution in [3.63, 3.8) is 0 Å². The highest BCUT2D eigenvalue weighted by atomic mass is 16.2. The Morgan fingerprint density at radius 2 is 1.95 bits per heavy atom. The monoisotopic (exact) mass is 296 g/mol. The number of amides is 1. The Bertz CT molecular complexity index is 316. The molecule has 1 saturated heterocycles. The zero-order valence-electron chi connectivity index (χ0n) is 13.5. The van der Waals surface area contributed by atoms with E-state index in [-0.39, 0.29) is 12.5 Å². The third-order valence-corrected chi connectivity index (χ3v) is 5.04. The van der Waals surface area contributed by atoms with E-state index in [1.165, 1.54) is 32.1 Å². The van der Waals surface area contributed by atoms with Crippen LogP contribution < -0.4 is 5.32 Å². The molecule has 1 heterocycles. The lowest BCUT2D eigenvalue weighted by molar-refractivity contribution is -0.133. The summed E-state index contributed by atoms with van der Waals surface area (Å²) in [6.45, 7) is 3.97. The lowest BCUT2D eigenvalue weighted by Crippen LogP contribution is -2.53. The van der Waals surface area contributed by atoms with Crippen molar-refractivity contribution < 1.29 is 9.90 Å². The van der Waals surface area contributed by atoms with Gasteiger partial charge in [0, 0.05) is 38.2 Å². The molecule has 21 heavy (non-hydrogen) atoms. The van der Waals surface area contributed by atoms with E-state index in [1.807, 2.05) is 11.8 Å². The average Bonchev–Trinajstić information content (AvgIpc) is 2.53. The highest BCUT2D eigenvalue weighted by Crippen LogP contribution is 2.24. The number of aliphatic hydroxyl groups is 1. The van der Waals surface area contributed by atoms with E-state index in [9.17, 15) is 4.79 Å². The Morgan fingerprint density at radius 1 is 1.19 bits per heavy atom. The van der Waals surface area contributed by atoms with Crippen LogP contribution in [-0.2, 0) is 4.79 Å². The lowest BCUT2D eigenvalue weighted by atomic mass is 9.88. The highest BCUT2D eigenvalue weighted by molar-refractivity contribution is 5.76. The molecule has 4 nitrogen and oxygen atoms in total. The molecule has 1 aliphatic carbocycles. The van der Waals surface area contributed by atoms with Gasteiger partial charge in [-0.25, -0.2) is 0 Å². The quantitative estimate of drug-likeness (QED) is 0.791. The van der Waals surface area contributed by atoms with Crippen LogP contribution in [0.5, 0.6) is 0 Å². The summed E-state index contributed by atoms with van der Waals surface area (Å²) in [5, 5.41) is 12.9. The van der Waals surface area contributed by atoms with Crippen LogP contribution in [0.4, 0.5) is 0 Å². The molecule has 1 amide bonds. The van der Waals surface area contributed by atoms with E-state index < -0.39 is 0 Å². The minimum absolute atomic E-state index is 0.263. The van der Waals surface area contributed by atoms with Crippen LogP contribution in [-0.4, -0.2) is 47.7 Å². The smallest absolute Gasteiger partial charge is 0.222 e. The van der Waals surface area contributed by atoms with Crippen LogP contribution in [0.1, 0.15) is 64.7 Å². The lowest BCUT2D eigenvalue weighted by Gasteiger charge is -2.40. The summed E-state index contributed by atoms with van der Waals surface area (Å²) < 4.78 is 0. The number of nitrogens with zero attached hydrogens (tertiary/aromatic N) is 1. The normalized spacial score (nSPS) is 27.8. The second-order valence-electron chi connectivity index (χ2n) is 6.82. The molecule has 1 saturated carbocycles. The van der Waals surface area contributed by atoms with Crippen LogP contribution in [0.25, 0.3) is 0 Å². The number of aliphatic hydroxyl groups excluding tert-OH is 1. The molecule has 2 unspecified atom stereocenters. The van der Waals surface area contributed by atoms with E-state index in [2.05, 4.69) is 5.32 Å². The molecule has 0 radical (unpaired) electrons. The van der Waals surface area contributed by atoms with Crippen LogP contribution in [0.15, 0.2) is 0 Å². The van der Waals surface area contributed by atoms with Gasteiger partial charge in [0.2, 0.25) is 5.91 Å². The van der Waals surface area contributed by atoms with Gasteiger partial charge in [-0.1, -0.05) is 26.2 Å². The van der Waals surface area contributed by atoms with Crippen LogP contribution >= 0.6 is 0 Å². The molecule has 2 fully saturated rings. The summed E-state index contributed by atoms with van der Waals surface area (Å²) >= 11 is 0. The number of hydrogen-bond donors (Lipinski definition) is 2. The van der Waals surface area contributed by atoms with Crippen molar-refractivity contribution in [2.24, 2.45) is 5.92 Å². The standard InChI is InChI=1S/C17H32N2O2/c1-2-17(21)19-12-14(7-6-10-20)11-16(13-19)18-15-8-4-3-5-9-15/h14-16,18,20H,2-13H2,1H3. The number of likely N-dealkylation sites (tertiary alicyclic amines) is 1. The molecule has 2 N–H and O–H groups in total. The molecule has 2 atom stereocenters. The van der Waals surface area contributed by atoms with Crippen molar-refractivity contribution >= 4 is 5.91 Å². The predicted molar refractivity (Wildman–Crippen MR) is 85.1 cm³/mol. The van der Waals surface area contributed by atoms with Gasteiger partial charge in [0.1, 0.15) is 0 Å².